The van der Waals surface area contributed by atoms with Gasteiger partial charge in [-0.25, -0.2) is 9.50 Å². The molecule has 3 aromatic rings. The lowest BCUT2D eigenvalue weighted by Crippen LogP contribution is -2.13. The molecule has 3 aromatic heterocycles. The Labute approximate surface area is 127 Å². The van der Waals surface area contributed by atoms with Crippen molar-refractivity contribution in [3.05, 3.63) is 47.5 Å². The van der Waals surface area contributed by atoms with Gasteiger partial charge in [-0.15, -0.1) is 0 Å². The summed E-state index contributed by atoms with van der Waals surface area (Å²) in [6.07, 6.45) is -3.27. The minimum absolute atomic E-state index is 0.0198. The molecule has 0 aliphatic rings. The van der Waals surface area contributed by atoms with Crippen molar-refractivity contribution in [2.75, 3.05) is 0 Å². The zero-order valence-electron chi connectivity index (χ0n) is 11.3. The molecule has 0 saturated heterocycles. The van der Waals surface area contributed by atoms with E-state index >= 15 is 0 Å². The maximum absolute atomic E-state index is 13.3. The number of furan rings is 1. The third-order valence-electron chi connectivity index (χ3n) is 3.00. The fraction of sp³-hybridized carbons (Fsp3) is 0.143. The molecule has 114 valence electrons. The summed E-state index contributed by atoms with van der Waals surface area (Å²) in [5.74, 6) is 0.210. The van der Waals surface area contributed by atoms with Gasteiger partial charge < -0.3 is 4.42 Å². The molecule has 0 aliphatic carbocycles. The Kier molecular flexibility index (Phi) is 3.25. The van der Waals surface area contributed by atoms with Crippen molar-refractivity contribution in [3.63, 3.8) is 0 Å². The standard InChI is InChI=1S/C14H9ClF3N3O/c1-7(2)12-11(15)13-19-8(9-4-3-5-22-9)6-10(14(16,17)18)21(13)20-12/h3-6H,1H2,2H3. The van der Waals surface area contributed by atoms with Crippen LogP contribution < -0.4 is 0 Å². The zero-order valence-corrected chi connectivity index (χ0v) is 12.0. The van der Waals surface area contributed by atoms with Gasteiger partial charge >= 0.3 is 6.18 Å². The third kappa shape index (κ3) is 2.27. The molecule has 22 heavy (non-hydrogen) atoms. The first-order valence-electron chi connectivity index (χ1n) is 6.15. The largest absolute Gasteiger partial charge is 0.463 e. The summed E-state index contributed by atoms with van der Waals surface area (Å²) >= 11 is 6.10. The first-order chi connectivity index (χ1) is 10.3. The molecule has 0 fully saturated rings. The lowest BCUT2D eigenvalue weighted by molar-refractivity contribution is -0.142. The van der Waals surface area contributed by atoms with Gasteiger partial charge in [-0.05, 0) is 30.7 Å². The number of halogens is 4. The van der Waals surface area contributed by atoms with Crippen molar-refractivity contribution < 1.29 is 17.6 Å². The molecule has 0 N–H and O–H groups in total. The molecule has 0 spiro atoms. The Balaban J connectivity index is 2.39. The van der Waals surface area contributed by atoms with Crippen LogP contribution in [-0.2, 0) is 6.18 Å². The van der Waals surface area contributed by atoms with Crippen LogP contribution in [0.2, 0.25) is 5.02 Å². The number of allylic oxidation sites excluding steroid dienone is 1. The van der Waals surface area contributed by atoms with E-state index in [1.807, 2.05) is 0 Å². The highest BCUT2D eigenvalue weighted by molar-refractivity contribution is 6.35. The number of hydrogen-bond acceptors (Lipinski definition) is 3. The van der Waals surface area contributed by atoms with Gasteiger partial charge in [-0.1, -0.05) is 18.2 Å². The van der Waals surface area contributed by atoms with Gasteiger partial charge in [0.05, 0.1) is 6.26 Å². The monoisotopic (exact) mass is 327 g/mol. The molecule has 0 radical (unpaired) electrons. The van der Waals surface area contributed by atoms with Crippen molar-refractivity contribution >= 4 is 22.8 Å². The Morgan fingerprint density at radius 2 is 2.14 bits per heavy atom. The topological polar surface area (TPSA) is 43.3 Å². The molecular weight excluding hydrogens is 319 g/mol. The van der Waals surface area contributed by atoms with E-state index in [1.165, 1.54) is 12.3 Å². The zero-order chi connectivity index (χ0) is 16.1. The van der Waals surface area contributed by atoms with Crippen molar-refractivity contribution in [3.8, 4) is 11.5 Å². The second kappa shape index (κ2) is 4.88. The van der Waals surface area contributed by atoms with Crippen LogP contribution in [0.15, 0.2) is 35.5 Å². The normalized spacial score (nSPS) is 12.0. The number of nitrogens with zero attached hydrogens (tertiary/aromatic N) is 3. The van der Waals surface area contributed by atoms with Crippen molar-refractivity contribution in [1.82, 2.24) is 14.6 Å². The Hall–Kier alpha value is -2.28. The average Bonchev–Trinajstić information content (AvgIpc) is 3.05. The highest BCUT2D eigenvalue weighted by atomic mass is 35.5. The van der Waals surface area contributed by atoms with Gasteiger partial charge in [0.15, 0.2) is 17.1 Å². The van der Waals surface area contributed by atoms with Crippen molar-refractivity contribution in [1.29, 1.82) is 0 Å². The van der Waals surface area contributed by atoms with Gasteiger partial charge in [-0.2, -0.15) is 18.3 Å². The van der Waals surface area contributed by atoms with Gasteiger partial charge in [0.1, 0.15) is 16.4 Å². The third-order valence-corrected chi connectivity index (χ3v) is 3.35. The van der Waals surface area contributed by atoms with Gasteiger partial charge in [-0.3, -0.25) is 0 Å². The van der Waals surface area contributed by atoms with Gasteiger partial charge in [0, 0.05) is 0 Å². The first kappa shape index (κ1) is 14.6. The quantitative estimate of drug-likeness (QED) is 0.685. The van der Waals surface area contributed by atoms with Crippen LogP contribution in [0, 0.1) is 0 Å². The van der Waals surface area contributed by atoms with Crippen LogP contribution >= 0.6 is 11.6 Å². The molecule has 0 bridgehead atoms. The van der Waals surface area contributed by atoms with Crippen LogP contribution in [-0.4, -0.2) is 14.6 Å². The van der Waals surface area contributed by atoms with Gasteiger partial charge in [0.25, 0.3) is 0 Å². The Morgan fingerprint density at radius 1 is 1.41 bits per heavy atom. The summed E-state index contributed by atoms with van der Waals surface area (Å²) in [6.45, 7) is 5.26. The number of rotatable bonds is 2. The summed E-state index contributed by atoms with van der Waals surface area (Å²) in [5.41, 5.74) is -0.432. The van der Waals surface area contributed by atoms with E-state index in [-0.39, 0.29) is 27.8 Å². The lowest BCUT2D eigenvalue weighted by Gasteiger charge is -2.09. The molecule has 8 heteroatoms. The van der Waals surface area contributed by atoms with Crippen molar-refractivity contribution in [2.24, 2.45) is 0 Å². The predicted octanol–water partition coefficient (Wildman–Crippen LogP) is 4.69. The van der Waals surface area contributed by atoms with Gasteiger partial charge in [0.2, 0.25) is 0 Å². The molecule has 0 aromatic carbocycles. The predicted molar refractivity (Wildman–Crippen MR) is 75.4 cm³/mol. The van der Waals surface area contributed by atoms with E-state index in [2.05, 4.69) is 16.7 Å². The molecule has 0 unspecified atom stereocenters. The van der Waals surface area contributed by atoms with E-state index in [4.69, 9.17) is 16.0 Å². The maximum atomic E-state index is 13.3. The second-order valence-electron chi connectivity index (χ2n) is 4.68. The molecule has 4 nitrogen and oxygen atoms in total. The highest BCUT2D eigenvalue weighted by Gasteiger charge is 2.36. The molecule has 0 atom stereocenters. The van der Waals surface area contributed by atoms with Crippen LogP contribution in [0.1, 0.15) is 18.3 Å². The van der Waals surface area contributed by atoms with E-state index in [9.17, 15) is 13.2 Å². The van der Waals surface area contributed by atoms with Crippen LogP contribution in [0.5, 0.6) is 0 Å². The molecule has 3 heterocycles. The minimum atomic E-state index is -4.62. The summed E-state index contributed by atoms with van der Waals surface area (Å²) in [5, 5.41) is 3.89. The van der Waals surface area contributed by atoms with E-state index in [0.29, 0.717) is 10.1 Å². The fourth-order valence-electron chi connectivity index (χ4n) is 2.02. The van der Waals surface area contributed by atoms with Crippen molar-refractivity contribution in [2.45, 2.75) is 13.1 Å². The molecular formula is C14H9ClF3N3O. The smallest absolute Gasteiger partial charge is 0.433 e. The van der Waals surface area contributed by atoms with E-state index in [0.717, 1.165) is 6.07 Å². The lowest BCUT2D eigenvalue weighted by atomic mass is 10.2. The number of hydrogen-bond donors (Lipinski definition) is 0. The summed E-state index contributed by atoms with van der Waals surface area (Å²) in [4.78, 5) is 4.13. The van der Waals surface area contributed by atoms with Crippen LogP contribution in [0.25, 0.3) is 22.7 Å². The summed E-state index contributed by atoms with van der Waals surface area (Å²) in [7, 11) is 0. The Bertz CT molecular complexity index is 866. The van der Waals surface area contributed by atoms with Crippen LogP contribution in [0.4, 0.5) is 13.2 Å². The number of aromatic nitrogens is 3. The number of alkyl halides is 3. The minimum Gasteiger partial charge on any atom is -0.463 e. The first-order valence-corrected chi connectivity index (χ1v) is 6.53. The molecule has 0 amide bonds. The summed E-state index contributed by atoms with van der Waals surface area (Å²) in [6, 6.07) is 3.95. The SMILES string of the molecule is C=C(C)c1nn2c(C(F)(F)F)cc(-c3ccco3)nc2c1Cl. The average molecular weight is 328 g/mol. The fourth-order valence-corrected chi connectivity index (χ4v) is 2.34. The van der Waals surface area contributed by atoms with E-state index in [1.54, 1.807) is 13.0 Å². The highest BCUT2D eigenvalue weighted by Crippen LogP contribution is 2.35. The van der Waals surface area contributed by atoms with Crippen LogP contribution in [0.3, 0.4) is 0 Å². The molecule has 0 aliphatic heterocycles. The second-order valence-corrected chi connectivity index (χ2v) is 5.06. The number of fused-ring (bicyclic) bond motifs is 1. The van der Waals surface area contributed by atoms with E-state index < -0.39 is 11.9 Å². The molecule has 3 rings (SSSR count). The maximum Gasteiger partial charge on any atom is 0.433 e. The Morgan fingerprint density at radius 3 is 2.68 bits per heavy atom. The summed E-state index contributed by atoms with van der Waals surface area (Å²) < 4.78 is 45.7. The molecule has 0 saturated carbocycles.